The fraction of sp³-hybridized carbons (Fsp3) is 0.278. The van der Waals surface area contributed by atoms with Gasteiger partial charge in [-0.15, -0.1) is 0 Å². The van der Waals surface area contributed by atoms with Gasteiger partial charge in [0.05, 0.1) is 31.2 Å². The number of methoxy groups -OCH3 is 2. The van der Waals surface area contributed by atoms with Crippen molar-refractivity contribution in [1.29, 1.82) is 0 Å². The molecule has 4 aromatic rings. The van der Waals surface area contributed by atoms with E-state index in [4.69, 9.17) is 18.9 Å². The Balaban J connectivity index is 1.78. The van der Waals surface area contributed by atoms with Crippen molar-refractivity contribution in [1.82, 2.24) is 0 Å². The highest BCUT2D eigenvalue weighted by Crippen LogP contribution is 2.41. The second kappa shape index (κ2) is 16.0. The van der Waals surface area contributed by atoms with Gasteiger partial charge in [0, 0.05) is 0 Å². The monoisotopic (exact) mass is 596 g/mol. The van der Waals surface area contributed by atoms with Gasteiger partial charge in [0.1, 0.15) is 11.5 Å². The normalized spacial score (nSPS) is 10.5. The molecule has 0 spiro atoms. The number of hydrogen-bond acceptors (Lipinski definition) is 6. The van der Waals surface area contributed by atoms with E-state index in [9.17, 15) is 9.59 Å². The Hall–Kier alpha value is -4.98. The topological polar surface area (TPSA) is 77.5 Å². The zero-order valence-corrected chi connectivity index (χ0v) is 25.8. The summed E-state index contributed by atoms with van der Waals surface area (Å²) in [6.07, 6.45) is 2.90. The van der Waals surface area contributed by atoms with Crippen LogP contribution in [-0.4, -0.2) is 39.9 Å². The van der Waals surface area contributed by atoms with Crippen LogP contribution in [0, 0.1) is 6.92 Å². The summed E-state index contributed by atoms with van der Waals surface area (Å²) in [7, 11) is 2.69. The average molecular weight is 597 g/mol. The van der Waals surface area contributed by atoms with Crippen LogP contribution < -0.4 is 19.3 Å². The molecule has 2 amide bonds. The van der Waals surface area contributed by atoms with Gasteiger partial charge in [-0.1, -0.05) is 86.0 Å². The van der Waals surface area contributed by atoms with Gasteiger partial charge in [-0.2, -0.15) is 0 Å². The summed E-state index contributed by atoms with van der Waals surface area (Å²) in [5, 5.41) is 0. The first-order valence-electron chi connectivity index (χ1n) is 14.8. The largest absolute Gasteiger partial charge is 0.472 e. The molecule has 0 saturated carbocycles. The number of amides is 2. The smallest absolute Gasteiger partial charge is 0.416 e. The van der Waals surface area contributed by atoms with E-state index in [1.54, 1.807) is 0 Å². The molecule has 0 saturated heterocycles. The second-order valence-corrected chi connectivity index (χ2v) is 10.3. The molecule has 0 aliphatic heterocycles. The highest BCUT2D eigenvalue weighted by molar-refractivity contribution is 5.88. The fourth-order valence-corrected chi connectivity index (χ4v) is 4.85. The molecule has 230 valence electrons. The summed E-state index contributed by atoms with van der Waals surface area (Å²) in [6, 6.07) is 30.5. The molecule has 0 bridgehead atoms. The molecule has 8 nitrogen and oxygen atoms in total. The van der Waals surface area contributed by atoms with Crippen molar-refractivity contribution in [3.63, 3.8) is 0 Å². The third-order valence-electron chi connectivity index (χ3n) is 7.13. The standard InChI is InChI=1S/C36H40N2O6/c1-5-6-9-16-28-23-32(43-25-37(35(39)41-3)30-18-10-7-11-19-30)34(29-17-14-15-27(2)22-29)33(24-28)44-26-38(36(40)42-4)31-20-12-8-13-21-31/h7-8,10-15,17-24H,5-6,9,16,25-26H2,1-4H3. The van der Waals surface area contributed by atoms with Crippen LogP contribution in [0.4, 0.5) is 21.0 Å². The lowest BCUT2D eigenvalue weighted by atomic mass is 9.97. The maximum Gasteiger partial charge on any atom is 0.416 e. The zero-order chi connectivity index (χ0) is 31.3. The van der Waals surface area contributed by atoms with Gasteiger partial charge in [0.2, 0.25) is 0 Å². The molecule has 0 radical (unpaired) electrons. The van der Waals surface area contributed by atoms with E-state index in [0.29, 0.717) is 28.4 Å². The summed E-state index contributed by atoms with van der Waals surface area (Å²) < 4.78 is 23.1. The summed E-state index contributed by atoms with van der Waals surface area (Å²) in [6.45, 7) is 4.00. The lowest BCUT2D eigenvalue weighted by Crippen LogP contribution is -2.35. The van der Waals surface area contributed by atoms with Crippen molar-refractivity contribution >= 4 is 23.6 Å². The van der Waals surface area contributed by atoms with E-state index >= 15 is 0 Å². The van der Waals surface area contributed by atoms with E-state index in [2.05, 4.69) is 13.0 Å². The van der Waals surface area contributed by atoms with Crippen molar-refractivity contribution in [2.24, 2.45) is 0 Å². The van der Waals surface area contributed by atoms with Crippen LogP contribution in [-0.2, 0) is 15.9 Å². The fourth-order valence-electron chi connectivity index (χ4n) is 4.85. The summed E-state index contributed by atoms with van der Waals surface area (Å²) in [4.78, 5) is 28.5. The quantitative estimate of drug-likeness (QED) is 0.114. The summed E-state index contributed by atoms with van der Waals surface area (Å²) in [5.41, 5.74) is 4.96. The molecule has 4 aromatic carbocycles. The van der Waals surface area contributed by atoms with Gasteiger partial charge in [-0.3, -0.25) is 0 Å². The molecular formula is C36H40N2O6. The highest BCUT2D eigenvalue weighted by atomic mass is 16.6. The van der Waals surface area contributed by atoms with Crippen LogP contribution in [0.25, 0.3) is 11.1 Å². The molecule has 0 N–H and O–H groups in total. The summed E-state index contributed by atoms with van der Waals surface area (Å²) >= 11 is 0. The van der Waals surface area contributed by atoms with E-state index < -0.39 is 12.2 Å². The number of aryl methyl sites for hydroxylation is 2. The van der Waals surface area contributed by atoms with Crippen LogP contribution in [0.2, 0.25) is 0 Å². The molecule has 0 aromatic heterocycles. The van der Waals surface area contributed by atoms with Crippen molar-refractivity contribution in [2.45, 2.75) is 39.5 Å². The number of benzene rings is 4. The molecule has 0 unspecified atom stereocenters. The molecular weight excluding hydrogens is 556 g/mol. The van der Waals surface area contributed by atoms with Crippen LogP contribution in [0.3, 0.4) is 0 Å². The van der Waals surface area contributed by atoms with Gasteiger partial charge in [0.25, 0.3) is 0 Å². The van der Waals surface area contributed by atoms with Crippen LogP contribution in [0.15, 0.2) is 97.1 Å². The molecule has 8 heteroatoms. The van der Waals surface area contributed by atoms with E-state index in [1.807, 2.05) is 97.9 Å². The van der Waals surface area contributed by atoms with Crippen LogP contribution in [0.5, 0.6) is 11.5 Å². The SMILES string of the molecule is CCCCCc1cc(OCN(C(=O)OC)c2ccccc2)c(-c2cccc(C)c2)c(OCN(C(=O)OC)c2ccccc2)c1. The minimum atomic E-state index is -0.541. The van der Waals surface area contributed by atoms with Crippen molar-refractivity contribution in [3.05, 3.63) is 108 Å². The number of carbonyl (C=O) groups is 2. The van der Waals surface area contributed by atoms with E-state index in [1.165, 1.54) is 24.0 Å². The first-order valence-corrected chi connectivity index (χ1v) is 14.8. The lowest BCUT2D eigenvalue weighted by Gasteiger charge is -2.25. The first-order chi connectivity index (χ1) is 21.4. The average Bonchev–Trinajstić information content (AvgIpc) is 3.05. The molecule has 0 aliphatic carbocycles. The number of para-hydroxylation sites is 2. The molecule has 0 fully saturated rings. The predicted molar refractivity (Wildman–Crippen MR) is 173 cm³/mol. The molecule has 0 atom stereocenters. The van der Waals surface area contributed by atoms with Gasteiger partial charge in [-0.05, 0) is 67.3 Å². The number of unbranched alkanes of at least 4 members (excludes halogenated alkanes) is 2. The number of nitrogens with zero attached hydrogens (tertiary/aromatic N) is 2. The Morgan fingerprint density at radius 1 is 0.659 bits per heavy atom. The molecule has 0 heterocycles. The van der Waals surface area contributed by atoms with Gasteiger partial charge in [-0.25, -0.2) is 19.4 Å². The van der Waals surface area contributed by atoms with Crippen LogP contribution in [0.1, 0.15) is 37.3 Å². The third kappa shape index (κ3) is 8.31. The Kier molecular flexibility index (Phi) is 11.6. The predicted octanol–water partition coefficient (Wildman–Crippen LogP) is 8.61. The molecule has 44 heavy (non-hydrogen) atoms. The maximum absolute atomic E-state index is 12.8. The van der Waals surface area contributed by atoms with Crippen molar-refractivity contribution in [3.8, 4) is 22.6 Å². The Morgan fingerprint density at radius 2 is 1.18 bits per heavy atom. The highest BCUT2D eigenvalue weighted by Gasteiger charge is 2.23. The number of anilines is 2. The van der Waals surface area contributed by atoms with Crippen molar-refractivity contribution < 1.29 is 28.5 Å². The van der Waals surface area contributed by atoms with E-state index in [0.717, 1.165) is 42.4 Å². The summed E-state index contributed by atoms with van der Waals surface area (Å²) in [5.74, 6) is 1.10. The molecule has 0 aliphatic rings. The van der Waals surface area contributed by atoms with Gasteiger partial charge >= 0.3 is 12.2 Å². The Bertz CT molecular complexity index is 1430. The number of rotatable bonds is 13. The second-order valence-electron chi connectivity index (χ2n) is 10.3. The third-order valence-corrected chi connectivity index (χ3v) is 7.13. The number of carbonyl (C=O) groups excluding carboxylic acids is 2. The van der Waals surface area contributed by atoms with Gasteiger partial charge < -0.3 is 18.9 Å². The Labute approximate surface area is 259 Å². The first kappa shape index (κ1) is 31.9. The lowest BCUT2D eigenvalue weighted by molar-refractivity contribution is 0.170. The number of ether oxygens (including phenoxy) is 4. The minimum absolute atomic E-state index is 0.0916. The molecule has 4 rings (SSSR count). The van der Waals surface area contributed by atoms with E-state index in [-0.39, 0.29) is 13.5 Å². The van der Waals surface area contributed by atoms with Gasteiger partial charge in [0.15, 0.2) is 13.5 Å². The number of hydrogen-bond donors (Lipinski definition) is 0. The zero-order valence-electron chi connectivity index (χ0n) is 25.8. The van der Waals surface area contributed by atoms with Crippen molar-refractivity contribution in [2.75, 3.05) is 37.5 Å². The van der Waals surface area contributed by atoms with Crippen LogP contribution >= 0.6 is 0 Å². The Morgan fingerprint density at radius 3 is 1.64 bits per heavy atom. The minimum Gasteiger partial charge on any atom is -0.472 e. The maximum atomic E-state index is 12.8.